The molecule has 2 rings (SSSR count). The van der Waals surface area contributed by atoms with Crippen molar-refractivity contribution in [1.82, 2.24) is 15.1 Å². The Hall–Kier alpha value is -2.14. The smallest absolute Gasteiger partial charge is 0.220 e. The van der Waals surface area contributed by atoms with E-state index in [9.17, 15) is 4.79 Å². The summed E-state index contributed by atoms with van der Waals surface area (Å²) in [6.45, 7) is 8.80. The van der Waals surface area contributed by atoms with Crippen LogP contribution >= 0.6 is 0 Å². The molecule has 2 aromatic rings. The van der Waals surface area contributed by atoms with E-state index < -0.39 is 0 Å². The Labute approximate surface area is 150 Å². The molecule has 136 valence electrons. The fourth-order valence-corrected chi connectivity index (χ4v) is 2.98. The zero-order valence-electron chi connectivity index (χ0n) is 16.0. The summed E-state index contributed by atoms with van der Waals surface area (Å²) in [5.41, 5.74) is 11.8. The minimum absolute atomic E-state index is 0.0249. The first kappa shape index (κ1) is 19.2. The summed E-state index contributed by atoms with van der Waals surface area (Å²) >= 11 is 0. The Kier molecular flexibility index (Phi) is 6.37. The van der Waals surface area contributed by atoms with Gasteiger partial charge in [0.05, 0.1) is 5.69 Å². The zero-order chi connectivity index (χ0) is 18.6. The summed E-state index contributed by atoms with van der Waals surface area (Å²) in [6.07, 6.45) is 1.15. The van der Waals surface area contributed by atoms with Crippen LogP contribution in [0.2, 0.25) is 0 Å². The Balaban J connectivity index is 1.83. The molecule has 0 saturated carbocycles. The molecule has 0 bridgehead atoms. The van der Waals surface area contributed by atoms with Gasteiger partial charge in [-0.1, -0.05) is 38.1 Å². The van der Waals surface area contributed by atoms with Gasteiger partial charge in [0.2, 0.25) is 5.91 Å². The van der Waals surface area contributed by atoms with Crippen molar-refractivity contribution in [3.63, 3.8) is 0 Å². The third kappa shape index (κ3) is 4.92. The molecule has 1 atom stereocenters. The molecule has 1 aromatic carbocycles. The molecule has 0 aliphatic rings. The maximum Gasteiger partial charge on any atom is 0.220 e. The maximum absolute atomic E-state index is 12.1. The number of aromatic nitrogens is 2. The molecule has 0 saturated heterocycles. The van der Waals surface area contributed by atoms with Crippen LogP contribution in [0.25, 0.3) is 0 Å². The predicted octanol–water partition coefficient (Wildman–Crippen LogP) is 2.91. The van der Waals surface area contributed by atoms with E-state index in [-0.39, 0.29) is 11.9 Å². The van der Waals surface area contributed by atoms with Crippen molar-refractivity contribution in [3.05, 3.63) is 52.3 Å². The molecular formula is C20H30N4O. The number of carbonyl (C=O) groups excluding carboxylic acids is 1. The van der Waals surface area contributed by atoms with Crippen molar-refractivity contribution in [2.24, 2.45) is 12.8 Å². The second kappa shape index (κ2) is 8.30. The lowest BCUT2D eigenvalue weighted by Gasteiger charge is -2.14. The first-order valence-corrected chi connectivity index (χ1v) is 8.90. The highest BCUT2D eigenvalue weighted by atomic mass is 16.1. The number of rotatable bonds is 7. The molecule has 1 amide bonds. The van der Waals surface area contributed by atoms with Crippen molar-refractivity contribution in [2.45, 2.75) is 52.5 Å². The van der Waals surface area contributed by atoms with Crippen molar-refractivity contribution in [1.29, 1.82) is 0 Å². The van der Waals surface area contributed by atoms with Crippen LogP contribution in [0.3, 0.4) is 0 Å². The molecule has 0 radical (unpaired) electrons. The van der Waals surface area contributed by atoms with Gasteiger partial charge in [-0.15, -0.1) is 0 Å². The number of nitrogens with two attached hydrogens (primary N) is 1. The number of hydrogen-bond donors (Lipinski definition) is 2. The minimum Gasteiger partial charge on any atom is -0.354 e. The molecule has 0 aliphatic heterocycles. The molecule has 3 N–H and O–H groups in total. The number of nitrogens with zero attached hydrogens (tertiary/aromatic N) is 2. The number of carbonyl (C=O) groups is 1. The van der Waals surface area contributed by atoms with Gasteiger partial charge in [-0.05, 0) is 42.9 Å². The first-order chi connectivity index (χ1) is 11.8. The van der Waals surface area contributed by atoms with E-state index in [0.29, 0.717) is 25.3 Å². The summed E-state index contributed by atoms with van der Waals surface area (Å²) in [5, 5.41) is 7.33. The van der Waals surface area contributed by atoms with Gasteiger partial charge in [-0.3, -0.25) is 9.48 Å². The van der Waals surface area contributed by atoms with Crippen LogP contribution in [0.4, 0.5) is 0 Å². The highest BCUT2D eigenvalue weighted by Gasteiger charge is 2.13. The van der Waals surface area contributed by atoms with Crippen LogP contribution in [0, 0.1) is 13.8 Å². The normalized spacial score (nSPS) is 12.4. The van der Waals surface area contributed by atoms with E-state index in [1.807, 2.05) is 25.6 Å². The Bertz CT molecular complexity index is 716. The van der Waals surface area contributed by atoms with Crippen LogP contribution in [0.5, 0.6) is 0 Å². The van der Waals surface area contributed by atoms with E-state index in [4.69, 9.17) is 5.73 Å². The quantitative estimate of drug-likeness (QED) is 0.812. The highest BCUT2D eigenvalue weighted by molar-refractivity contribution is 5.76. The number of amides is 1. The van der Waals surface area contributed by atoms with Gasteiger partial charge in [-0.2, -0.15) is 5.10 Å². The van der Waals surface area contributed by atoms with E-state index >= 15 is 0 Å². The third-order valence-electron chi connectivity index (χ3n) is 4.81. The predicted molar refractivity (Wildman–Crippen MR) is 101 cm³/mol. The van der Waals surface area contributed by atoms with Gasteiger partial charge in [0.25, 0.3) is 0 Å². The summed E-state index contributed by atoms with van der Waals surface area (Å²) < 4.78 is 1.86. The molecule has 1 heterocycles. The van der Waals surface area contributed by atoms with Crippen molar-refractivity contribution >= 4 is 5.91 Å². The summed E-state index contributed by atoms with van der Waals surface area (Å²) in [7, 11) is 1.93. The summed E-state index contributed by atoms with van der Waals surface area (Å²) in [4.78, 5) is 12.1. The Morgan fingerprint density at radius 3 is 2.32 bits per heavy atom. The number of benzene rings is 1. The standard InChI is InChI=1S/C20H30N4O/c1-13(2)16-6-8-17(9-7-16)19(21)12-22-20(25)11-10-18-14(3)23-24(5)15(18)4/h6-9,13,19H,10-12,21H2,1-5H3,(H,22,25). The second-order valence-electron chi connectivity index (χ2n) is 7.00. The molecule has 0 spiro atoms. The van der Waals surface area contributed by atoms with E-state index in [1.54, 1.807) is 0 Å². The topological polar surface area (TPSA) is 72.9 Å². The molecule has 0 fully saturated rings. The molecule has 25 heavy (non-hydrogen) atoms. The lowest BCUT2D eigenvalue weighted by Crippen LogP contribution is -2.32. The van der Waals surface area contributed by atoms with Gasteiger partial charge in [0.15, 0.2) is 0 Å². The van der Waals surface area contributed by atoms with Gasteiger partial charge in [-0.25, -0.2) is 0 Å². The van der Waals surface area contributed by atoms with Crippen molar-refractivity contribution < 1.29 is 4.79 Å². The van der Waals surface area contributed by atoms with Gasteiger partial charge in [0.1, 0.15) is 0 Å². The van der Waals surface area contributed by atoms with E-state index in [2.05, 4.69) is 48.5 Å². The third-order valence-corrected chi connectivity index (χ3v) is 4.81. The molecular weight excluding hydrogens is 312 g/mol. The largest absolute Gasteiger partial charge is 0.354 e. The van der Waals surface area contributed by atoms with Crippen LogP contribution in [-0.2, 0) is 18.3 Å². The lowest BCUT2D eigenvalue weighted by molar-refractivity contribution is -0.121. The fraction of sp³-hybridized carbons (Fsp3) is 0.500. The van der Waals surface area contributed by atoms with Gasteiger partial charge < -0.3 is 11.1 Å². The number of aryl methyl sites for hydroxylation is 2. The second-order valence-corrected chi connectivity index (χ2v) is 7.00. The fourth-order valence-electron chi connectivity index (χ4n) is 2.98. The number of nitrogens with one attached hydrogen (secondary N) is 1. The summed E-state index contributed by atoms with van der Waals surface area (Å²) in [6, 6.07) is 8.13. The maximum atomic E-state index is 12.1. The van der Waals surface area contributed by atoms with Gasteiger partial charge in [0, 0.05) is 31.7 Å². The average molecular weight is 342 g/mol. The molecule has 5 nitrogen and oxygen atoms in total. The van der Waals surface area contributed by atoms with Crippen molar-refractivity contribution in [2.75, 3.05) is 6.54 Å². The number of hydrogen-bond acceptors (Lipinski definition) is 3. The van der Waals surface area contributed by atoms with Gasteiger partial charge >= 0.3 is 0 Å². The highest BCUT2D eigenvalue weighted by Crippen LogP contribution is 2.17. The SMILES string of the molecule is Cc1nn(C)c(C)c1CCC(=O)NCC(N)c1ccc(C(C)C)cc1. The molecule has 1 aromatic heterocycles. The van der Waals surface area contributed by atoms with E-state index in [0.717, 1.165) is 22.5 Å². The average Bonchev–Trinajstić information content (AvgIpc) is 2.83. The molecule has 5 heteroatoms. The van der Waals surface area contributed by atoms with E-state index in [1.165, 1.54) is 5.56 Å². The van der Waals surface area contributed by atoms with Crippen LogP contribution < -0.4 is 11.1 Å². The first-order valence-electron chi connectivity index (χ1n) is 8.90. The summed E-state index contributed by atoms with van der Waals surface area (Å²) in [5.74, 6) is 0.529. The molecule has 0 aliphatic carbocycles. The van der Waals surface area contributed by atoms with Crippen LogP contribution in [0.1, 0.15) is 60.3 Å². The Morgan fingerprint density at radius 2 is 1.80 bits per heavy atom. The Morgan fingerprint density at radius 1 is 1.20 bits per heavy atom. The minimum atomic E-state index is -0.188. The zero-order valence-corrected chi connectivity index (χ0v) is 16.0. The van der Waals surface area contributed by atoms with Crippen molar-refractivity contribution in [3.8, 4) is 0 Å². The molecule has 1 unspecified atom stereocenters. The van der Waals surface area contributed by atoms with Crippen LogP contribution in [0.15, 0.2) is 24.3 Å². The monoisotopic (exact) mass is 342 g/mol. The lowest BCUT2D eigenvalue weighted by atomic mass is 9.99. The van der Waals surface area contributed by atoms with Crippen LogP contribution in [-0.4, -0.2) is 22.2 Å².